The first-order valence-corrected chi connectivity index (χ1v) is 9.88. The van der Waals surface area contributed by atoms with Crippen LogP contribution in [-0.4, -0.2) is 48.4 Å². The summed E-state index contributed by atoms with van der Waals surface area (Å²) in [5, 5.41) is -0.510. The molecule has 27 heavy (non-hydrogen) atoms. The van der Waals surface area contributed by atoms with Gasteiger partial charge in [-0.05, 0) is 72.2 Å². The van der Waals surface area contributed by atoms with Gasteiger partial charge >= 0.3 is 5.97 Å². The molecule has 0 saturated carbocycles. The summed E-state index contributed by atoms with van der Waals surface area (Å²) >= 11 is 4.20. The molecule has 1 aliphatic rings. The molecule has 0 spiro atoms. The Morgan fingerprint density at radius 2 is 2.00 bits per heavy atom. The summed E-state index contributed by atoms with van der Waals surface area (Å²) in [7, 11) is 1.52. The first-order chi connectivity index (χ1) is 12.8. The summed E-state index contributed by atoms with van der Waals surface area (Å²) < 4.78 is 16.4. The highest BCUT2D eigenvalue weighted by atomic mass is 79.9. The lowest BCUT2D eigenvalue weighted by atomic mass is 10.1. The highest BCUT2D eigenvalue weighted by molar-refractivity contribution is 9.10. The van der Waals surface area contributed by atoms with Gasteiger partial charge in [0.2, 0.25) is 0 Å². The summed E-state index contributed by atoms with van der Waals surface area (Å²) in [6.07, 6.45) is 1.58. The Labute approximate surface area is 170 Å². The van der Waals surface area contributed by atoms with Gasteiger partial charge in [0, 0.05) is 0 Å². The van der Waals surface area contributed by atoms with Gasteiger partial charge in [-0.15, -0.1) is 0 Å². The fourth-order valence-corrected chi connectivity index (χ4v) is 3.92. The van der Waals surface area contributed by atoms with Crippen molar-refractivity contribution in [3.05, 3.63) is 27.1 Å². The molecule has 1 saturated heterocycles. The zero-order chi connectivity index (χ0) is 20.1. The van der Waals surface area contributed by atoms with Gasteiger partial charge in [-0.1, -0.05) is 0 Å². The molecule has 0 radical (unpaired) electrons. The van der Waals surface area contributed by atoms with E-state index in [1.165, 1.54) is 14.0 Å². The number of nitrogens with zero attached hydrogens (tertiary/aromatic N) is 1. The molecule has 2 amide bonds. The quantitative estimate of drug-likeness (QED) is 0.454. The number of rotatable bonds is 7. The number of amides is 2. The van der Waals surface area contributed by atoms with Gasteiger partial charge in [-0.3, -0.25) is 14.5 Å². The molecule has 2 rings (SSSR count). The average Bonchev–Trinajstić information content (AvgIpc) is 2.90. The standard InChI is InChI=1S/C18H20BrNO6S/c1-5-25-15-12(19)7-11(8-13(15)24-4)9-14-16(21)20(18(23)27-14)10(3)17(22)26-6-2/h7-10H,5-6H2,1-4H3/b14-9-/t10-/m0/s1. The molecule has 0 bridgehead atoms. The monoisotopic (exact) mass is 457 g/mol. The van der Waals surface area contributed by atoms with Crippen LogP contribution in [0.25, 0.3) is 6.08 Å². The molecule has 1 heterocycles. The van der Waals surface area contributed by atoms with Crippen molar-refractivity contribution in [3.8, 4) is 11.5 Å². The molecule has 0 aromatic heterocycles. The van der Waals surface area contributed by atoms with E-state index in [4.69, 9.17) is 14.2 Å². The number of hydrogen-bond donors (Lipinski definition) is 0. The van der Waals surface area contributed by atoms with Crippen molar-refractivity contribution in [3.63, 3.8) is 0 Å². The molecule has 9 heteroatoms. The second kappa shape index (κ2) is 9.27. The van der Waals surface area contributed by atoms with Crippen LogP contribution in [0.15, 0.2) is 21.5 Å². The maximum absolute atomic E-state index is 12.6. The van der Waals surface area contributed by atoms with E-state index < -0.39 is 23.2 Å². The van der Waals surface area contributed by atoms with Gasteiger partial charge < -0.3 is 14.2 Å². The fourth-order valence-electron chi connectivity index (χ4n) is 2.44. The number of benzene rings is 1. The minimum Gasteiger partial charge on any atom is -0.493 e. The third-order valence-electron chi connectivity index (χ3n) is 3.68. The summed E-state index contributed by atoms with van der Waals surface area (Å²) in [5.41, 5.74) is 0.650. The number of methoxy groups -OCH3 is 1. The van der Waals surface area contributed by atoms with Crippen LogP contribution in [0.2, 0.25) is 0 Å². The van der Waals surface area contributed by atoms with Crippen molar-refractivity contribution in [1.29, 1.82) is 0 Å². The molecule has 7 nitrogen and oxygen atoms in total. The lowest BCUT2D eigenvalue weighted by Gasteiger charge is -2.19. The number of halogens is 1. The second-order valence-electron chi connectivity index (χ2n) is 5.45. The van der Waals surface area contributed by atoms with Crippen molar-refractivity contribution in [1.82, 2.24) is 4.90 Å². The third kappa shape index (κ3) is 4.65. The highest BCUT2D eigenvalue weighted by Crippen LogP contribution is 2.39. The normalized spacial score (nSPS) is 16.6. The van der Waals surface area contributed by atoms with Gasteiger partial charge in [0.1, 0.15) is 6.04 Å². The average molecular weight is 458 g/mol. The maximum atomic E-state index is 12.6. The molecule has 0 N–H and O–H groups in total. The van der Waals surface area contributed by atoms with E-state index in [0.29, 0.717) is 28.1 Å². The van der Waals surface area contributed by atoms with Crippen LogP contribution >= 0.6 is 27.7 Å². The number of hydrogen-bond acceptors (Lipinski definition) is 7. The van der Waals surface area contributed by atoms with E-state index in [-0.39, 0.29) is 11.5 Å². The van der Waals surface area contributed by atoms with Crippen LogP contribution in [-0.2, 0) is 14.3 Å². The molecule has 146 valence electrons. The van der Waals surface area contributed by atoms with E-state index in [1.807, 2.05) is 6.92 Å². The largest absolute Gasteiger partial charge is 0.493 e. The van der Waals surface area contributed by atoms with E-state index in [9.17, 15) is 14.4 Å². The topological polar surface area (TPSA) is 82.1 Å². The molecule has 0 unspecified atom stereocenters. The molecule has 1 atom stereocenters. The Morgan fingerprint density at radius 1 is 1.30 bits per heavy atom. The third-order valence-corrected chi connectivity index (χ3v) is 5.15. The zero-order valence-electron chi connectivity index (χ0n) is 15.4. The number of imide groups is 1. The first kappa shape index (κ1) is 21.3. The van der Waals surface area contributed by atoms with E-state index in [0.717, 1.165) is 16.7 Å². The number of thioether (sulfide) groups is 1. The number of esters is 1. The SMILES string of the molecule is CCOC(=O)[C@H](C)N1C(=O)S/C(=C\c2cc(Br)c(OCC)c(OC)c2)C1=O. The van der Waals surface area contributed by atoms with Crippen molar-refractivity contribution in [2.24, 2.45) is 0 Å². The number of carbonyl (C=O) groups excluding carboxylic acids is 3. The summed E-state index contributed by atoms with van der Waals surface area (Å²) in [4.78, 5) is 37.9. The summed E-state index contributed by atoms with van der Waals surface area (Å²) in [5.74, 6) is -0.0983. The van der Waals surface area contributed by atoms with Crippen molar-refractivity contribution >= 4 is 50.9 Å². The van der Waals surface area contributed by atoms with Crippen molar-refractivity contribution < 1.29 is 28.6 Å². The molecular weight excluding hydrogens is 438 g/mol. The van der Waals surface area contributed by atoms with Crippen LogP contribution < -0.4 is 9.47 Å². The number of carbonyl (C=O) groups is 3. The minimum absolute atomic E-state index is 0.176. The molecule has 0 aliphatic carbocycles. The first-order valence-electron chi connectivity index (χ1n) is 8.28. The van der Waals surface area contributed by atoms with Crippen LogP contribution in [0.5, 0.6) is 11.5 Å². The van der Waals surface area contributed by atoms with Gasteiger partial charge in [0.05, 0.1) is 29.7 Å². The van der Waals surface area contributed by atoms with Crippen LogP contribution in [0.4, 0.5) is 4.79 Å². The van der Waals surface area contributed by atoms with Crippen LogP contribution in [0, 0.1) is 0 Å². The molecule has 1 aliphatic heterocycles. The van der Waals surface area contributed by atoms with Gasteiger partial charge in [0.25, 0.3) is 11.1 Å². The van der Waals surface area contributed by atoms with E-state index in [2.05, 4.69) is 15.9 Å². The molecule has 1 fully saturated rings. The fraction of sp³-hybridized carbons (Fsp3) is 0.389. The highest BCUT2D eigenvalue weighted by Gasteiger charge is 2.41. The van der Waals surface area contributed by atoms with Crippen molar-refractivity contribution in [2.45, 2.75) is 26.8 Å². The van der Waals surface area contributed by atoms with Crippen LogP contribution in [0.3, 0.4) is 0 Å². The zero-order valence-corrected chi connectivity index (χ0v) is 17.8. The predicted molar refractivity (Wildman–Crippen MR) is 106 cm³/mol. The Morgan fingerprint density at radius 3 is 2.59 bits per heavy atom. The minimum atomic E-state index is -0.982. The van der Waals surface area contributed by atoms with Crippen LogP contribution in [0.1, 0.15) is 26.3 Å². The Hall–Kier alpha value is -2.00. The Kier molecular flexibility index (Phi) is 7.32. The maximum Gasteiger partial charge on any atom is 0.329 e. The molecule has 1 aromatic carbocycles. The lowest BCUT2D eigenvalue weighted by Crippen LogP contribution is -2.42. The molecular formula is C18H20BrNO6S. The van der Waals surface area contributed by atoms with Gasteiger partial charge in [-0.25, -0.2) is 4.79 Å². The summed E-state index contributed by atoms with van der Waals surface area (Å²) in [6.45, 7) is 5.64. The smallest absolute Gasteiger partial charge is 0.329 e. The van der Waals surface area contributed by atoms with E-state index in [1.54, 1.807) is 25.1 Å². The van der Waals surface area contributed by atoms with Gasteiger partial charge in [0.15, 0.2) is 11.5 Å². The Bertz CT molecular complexity index is 794. The van der Waals surface area contributed by atoms with Crippen molar-refractivity contribution in [2.75, 3.05) is 20.3 Å². The molecule has 1 aromatic rings. The number of ether oxygens (including phenoxy) is 3. The summed E-state index contributed by atoms with van der Waals surface area (Å²) in [6, 6.07) is 2.49. The van der Waals surface area contributed by atoms with E-state index >= 15 is 0 Å². The predicted octanol–water partition coefficient (Wildman–Crippen LogP) is 3.84. The Balaban J connectivity index is 2.32. The van der Waals surface area contributed by atoms with Gasteiger partial charge in [-0.2, -0.15) is 0 Å². The lowest BCUT2D eigenvalue weighted by molar-refractivity contribution is -0.150. The second-order valence-corrected chi connectivity index (χ2v) is 7.29.